The van der Waals surface area contributed by atoms with Crippen molar-refractivity contribution in [1.29, 1.82) is 0 Å². The zero-order valence-electron chi connectivity index (χ0n) is 12.2. The molecular weight excluding hydrogens is 276 g/mol. The lowest BCUT2D eigenvalue weighted by molar-refractivity contribution is 0.102. The Labute approximate surface area is 128 Å². The van der Waals surface area contributed by atoms with Gasteiger partial charge in [0.2, 0.25) is 5.88 Å². The second kappa shape index (κ2) is 6.26. The van der Waals surface area contributed by atoms with Gasteiger partial charge in [-0.1, -0.05) is 47.6 Å². The predicted molar refractivity (Wildman–Crippen MR) is 84.9 cm³/mol. The number of anilines is 1. The van der Waals surface area contributed by atoms with Gasteiger partial charge in [-0.05, 0) is 36.6 Å². The lowest BCUT2D eigenvalue weighted by Crippen LogP contribution is -2.11. The van der Waals surface area contributed by atoms with E-state index in [-0.39, 0.29) is 5.91 Å². The van der Waals surface area contributed by atoms with Crippen LogP contribution >= 0.6 is 0 Å². The second-order valence-electron chi connectivity index (χ2n) is 5.15. The summed E-state index contributed by atoms with van der Waals surface area (Å²) in [5, 5.41) is 6.41. The topological polar surface area (TPSA) is 55.1 Å². The number of carbonyl (C=O) groups is 1. The zero-order valence-corrected chi connectivity index (χ0v) is 12.2. The number of amides is 1. The number of hydrogen-bond acceptors (Lipinski definition) is 3. The number of nitrogens with one attached hydrogen (secondary N) is 1. The first kappa shape index (κ1) is 14.1. The zero-order chi connectivity index (χ0) is 15.4. The number of carbonyl (C=O) groups excluding carboxylic acids is 1. The van der Waals surface area contributed by atoms with Gasteiger partial charge in [-0.25, -0.2) is 0 Å². The minimum absolute atomic E-state index is 0.206. The molecule has 0 bridgehead atoms. The van der Waals surface area contributed by atoms with Gasteiger partial charge in [0, 0.05) is 11.6 Å². The van der Waals surface area contributed by atoms with Crippen molar-refractivity contribution in [3.05, 3.63) is 83.0 Å². The van der Waals surface area contributed by atoms with Crippen LogP contribution in [0.5, 0.6) is 0 Å². The van der Waals surface area contributed by atoms with Gasteiger partial charge in [0.05, 0.1) is 5.69 Å². The smallest absolute Gasteiger partial charge is 0.258 e. The summed E-state index contributed by atoms with van der Waals surface area (Å²) in [6.07, 6.45) is 0.851. The summed E-state index contributed by atoms with van der Waals surface area (Å²) in [7, 11) is 0. The van der Waals surface area contributed by atoms with E-state index in [0.717, 1.165) is 12.1 Å². The first-order chi connectivity index (χ1) is 10.7. The molecule has 0 fully saturated rings. The fourth-order valence-electron chi connectivity index (χ4n) is 2.21. The first-order valence-electron chi connectivity index (χ1n) is 7.08. The van der Waals surface area contributed by atoms with E-state index in [1.807, 2.05) is 42.5 Å². The molecule has 0 aliphatic heterocycles. The molecule has 0 radical (unpaired) electrons. The summed E-state index contributed by atoms with van der Waals surface area (Å²) in [5.74, 6) is 0.151. The maximum Gasteiger partial charge on any atom is 0.258 e. The summed E-state index contributed by atoms with van der Waals surface area (Å²) < 4.78 is 4.98. The molecule has 4 nitrogen and oxygen atoms in total. The van der Waals surface area contributed by atoms with Crippen molar-refractivity contribution < 1.29 is 9.32 Å². The van der Waals surface area contributed by atoms with Crippen molar-refractivity contribution in [1.82, 2.24) is 5.16 Å². The Bertz CT molecular complexity index is 761. The Hall–Kier alpha value is -2.88. The van der Waals surface area contributed by atoms with Crippen LogP contribution in [0.4, 0.5) is 5.88 Å². The van der Waals surface area contributed by atoms with Crippen LogP contribution in [-0.4, -0.2) is 11.1 Å². The maximum atomic E-state index is 12.1. The van der Waals surface area contributed by atoms with Crippen molar-refractivity contribution in [2.75, 3.05) is 5.32 Å². The van der Waals surface area contributed by atoms with Gasteiger partial charge in [0.15, 0.2) is 0 Å². The minimum atomic E-state index is -0.206. The third-order valence-corrected chi connectivity index (χ3v) is 3.33. The third kappa shape index (κ3) is 3.41. The van der Waals surface area contributed by atoms with E-state index in [1.54, 1.807) is 13.0 Å². The van der Waals surface area contributed by atoms with Crippen molar-refractivity contribution in [3.8, 4) is 0 Å². The number of aryl methyl sites for hydroxylation is 1. The molecule has 0 aliphatic rings. The van der Waals surface area contributed by atoms with E-state index in [0.29, 0.717) is 11.4 Å². The molecule has 3 aromatic rings. The van der Waals surface area contributed by atoms with Crippen LogP contribution < -0.4 is 5.32 Å². The summed E-state index contributed by atoms with van der Waals surface area (Å²) in [4.78, 5) is 12.1. The number of aromatic nitrogens is 1. The van der Waals surface area contributed by atoms with Crippen LogP contribution in [0.25, 0.3) is 0 Å². The van der Waals surface area contributed by atoms with Gasteiger partial charge in [-0.2, -0.15) is 0 Å². The van der Waals surface area contributed by atoms with Gasteiger partial charge < -0.3 is 4.52 Å². The average Bonchev–Trinajstić information content (AvgIpc) is 2.94. The van der Waals surface area contributed by atoms with Crippen LogP contribution in [-0.2, 0) is 6.42 Å². The molecule has 1 heterocycles. The van der Waals surface area contributed by atoms with E-state index >= 15 is 0 Å². The monoisotopic (exact) mass is 292 g/mol. The van der Waals surface area contributed by atoms with Gasteiger partial charge in [0.1, 0.15) is 0 Å². The Balaban J connectivity index is 1.67. The quantitative estimate of drug-likeness (QED) is 0.795. The SMILES string of the molecule is Cc1cc(NC(=O)c2ccc(Cc3ccccc3)cc2)on1. The van der Waals surface area contributed by atoms with Crippen LogP contribution in [0.1, 0.15) is 27.2 Å². The van der Waals surface area contributed by atoms with Crippen LogP contribution in [0.15, 0.2) is 65.2 Å². The van der Waals surface area contributed by atoms with Crippen LogP contribution in [0.2, 0.25) is 0 Å². The van der Waals surface area contributed by atoms with E-state index in [9.17, 15) is 4.79 Å². The molecular formula is C18H16N2O2. The summed E-state index contributed by atoms with van der Waals surface area (Å²) in [6.45, 7) is 1.80. The Kier molecular flexibility index (Phi) is 4.01. The van der Waals surface area contributed by atoms with Crippen molar-refractivity contribution in [2.45, 2.75) is 13.3 Å². The highest BCUT2D eigenvalue weighted by atomic mass is 16.5. The van der Waals surface area contributed by atoms with Gasteiger partial charge in [-0.3, -0.25) is 10.1 Å². The number of benzene rings is 2. The standard InChI is InChI=1S/C18H16N2O2/c1-13-11-17(22-20-13)19-18(21)16-9-7-15(8-10-16)12-14-5-3-2-4-6-14/h2-11H,12H2,1H3,(H,19,21). The summed E-state index contributed by atoms with van der Waals surface area (Å²) in [5.41, 5.74) is 3.73. The Morgan fingerprint density at radius 1 is 1.05 bits per heavy atom. The lowest BCUT2D eigenvalue weighted by Gasteiger charge is -2.04. The van der Waals surface area contributed by atoms with Crippen molar-refractivity contribution >= 4 is 11.8 Å². The number of nitrogens with zero attached hydrogens (tertiary/aromatic N) is 1. The highest BCUT2D eigenvalue weighted by Gasteiger charge is 2.09. The second-order valence-corrected chi connectivity index (χ2v) is 5.15. The third-order valence-electron chi connectivity index (χ3n) is 3.33. The molecule has 0 unspecified atom stereocenters. The maximum absolute atomic E-state index is 12.1. The van der Waals surface area contributed by atoms with Crippen molar-refractivity contribution in [3.63, 3.8) is 0 Å². The molecule has 4 heteroatoms. The molecule has 0 aliphatic carbocycles. The predicted octanol–water partition coefficient (Wildman–Crippen LogP) is 3.83. The molecule has 0 saturated carbocycles. The molecule has 1 amide bonds. The molecule has 0 atom stereocenters. The number of hydrogen-bond donors (Lipinski definition) is 1. The number of rotatable bonds is 4. The van der Waals surface area contributed by atoms with Gasteiger partial charge in [0.25, 0.3) is 5.91 Å². The summed E-state index contributed by atoms with van der Waals surface area (Å²) >= 11 is 0. The van der Waals surface area contributed by atoms with Gasteiger partial charge in [-0.15, -0.1) is 0 Å². The van der Waals surface area contributed by atoms with E-state index in [2.05, 4.69) is 22.6 Å². The van der Waals surface area contributed by atoms with E-state index in [4.69, 9.17) is 4.52 Å². The van der Waals surface area contributed by atoms with E-state index < -0.39 is 0 Å². The lowest BCUT2D eigenvalue weighted by atomic mass is 10.0. The van der Waals surface area contributed by atoms with Gasteiger partial charge >= 0.3 is 0 Å². The molecule has 22 heavy (non-hydrogen) atoms. The largest absolute Gasteiger partial charge is 0.338 e. The molecule has 2 aromatic carbocycles. The highest BCUT2D eigenvalue weighted by molar-refractivity contribution is 6.03. The minimum Gasteiger partial charge on any atom is -0.338 e. The molecule has 1 aromatic heterocycles. The van der Waals surface area contributed by atoms with Crippen LogP contribution in [0, 0.1) is 6.92 Å². The fraction of sp³-hybridized carbons (Fsp3) is 0.111. The summed E-state index contributed by atoms with van der Waals surface area (Å²) in [6, 6.07) is 19.5. The normalized spacial score (nSPS) is 10.4. The Morgan fingerprint density at radius 3 is 2.36 bits per heavy atom. The average molecular weight is 292 g/mol. The molecule has 110 valence electrons. The van der Waals surface area contributed by atoms with Crippen LogP contribution in [0.3, 0.4) is 0 Å². The molecule has 0 spiro atoms. The van der Waals surface area contributed by atoms with E-state index in [1.165, 1.54) is 11.1 Å². The fourth-order valence-corrected chi connectivity index (χ4v) is 2.21. The molecule has 1 N–H and O–H groups in total. The molecule has 0 saturated heterocycles. The molecule has 3 rings (SSSR count). The Morgan fingerprint density at radius 2 is 1.73 bits per heavy atom. The first-order valence-corrected chi connectivity index (χ1v) is 7.08. The van der Waals surface area contributed by atoms with Crippen molar-refractivity contribution in [2.24, 2.45) is 0 Å². The highest BCUT2D eigenvalue weighted by Crippen LogP contribution is 2.13.